The van der Waals surface area contributed by atoms with E-state index in [4.69, 9.17) is 33.5 Å². The fourth-order valence-electron chi connectivity index (χ4n) is 4.52. The summed E-state index contributed by atoms with van der Waals surface area (Å²) in [5.41, 5.74) is 0. The maximum Gasteiger partial charge on any atom is 0.305 e. The Hall–Kier alpha value is -1.75. The van der Waals surface area contributed by atoms with Crippen LogP contribution in [0.4, 0.5) is 0 Å². The summed E-state index contributed by atoms with van der Waals surface area (Å²) in [6.07, 6.45) is 21.4. The third kappa shape index (κ3) is 36.4. The van der Waals surface area contributed by atoms with Gasteiger partial charge in [-0.3, -0.25) is 14.4 Å². The van der Waals surface area contributed by atoms with Gasteiger partial charge in [0.05, 0.1) is 52.9 Å². The maximum absolute atomic E-state index is 11.8. The van der Waals surface area contributed by atoms with E-state index in [2.05, 4.69) is 6.92 Å². The zero-order valence-corrected chi connectivity index (χ0v) is 27.8. The van der Waals surface area contributed by atoms with Crippen LogP contribution in [0.2, 0.25) is 0 Å². The fourth-order valence-corrected chi connectivity index (χ4v) is 4.52. The Bertz CT molecular complexity index is 644. The fraction of sp³-hybridized carbons (Fsp3) is 0.912. The van der Waals surface area contributed by atoms with E-state index < -0.39 is 5.97 Å². The Morgan fingerprint density at radius 2 is 0.659 bits per heavy atom. The van der Waals surface area contributed by atoms with Gasteiger partial charge in [-0.2, -0.15) is 0 Å². The number of aliphatic carboxylic acids is 1. The van der Waals surface area contributed by atoms with Crippen LogP contribution >= 0.6 is 0 Å². The van der Waals surface area contributed by atoms with Gasteiger partial charge in [-0.1, -0.05) is 96.8 Å². The molecule has 1 N–H and O–H groups in total. The quantitative estimate of drug-likeness (QED) is 0.0567. The molecule has 0 aliphatic carbocycles. The third-order valence-corrected chi connectivity index (χ3v) is 7.10. The van der Waals surface area contributed by atoms with E-state index in [1.165, 1.54) is 83.5 Å². The first-order chi connectivity index (χ1) is 21.6. The summed E-state index contributed by atoms with van der Waals surface area (Å²) < 4.78 is 31.8. The van der Waals surface area contributed by atoms with Crippen LogP contribution in [0.15, 0.2) is 0 Å². The molecule has 0 rings (SSSR count). The van der Waals surface area contributed by atoms with Crippen LogP contribution in [0, 0.1) is 0 Å². The Balaban J connectivity index is 3.20. The molecule has 0 saturated heterocycles. The molecule has 10 nitrogen and oxygen atoms in total. The summed E-state index contributed by atoms with van der Waals surface area (Å²) >= 11 is 0. The van der Waals surface area contributed by atoms with Crippen molar-refractivity contribution in [2.75, 3.05) is 66.1 Å². The van der Waals surface area contributed by atoms with E-state index in [-0.39, 0.29) is 44.6 Å². The molecule has 0 aliphatic rings. The van der Waals surface area contributed by atoms with Gasteiger partial charge in [-0.05, 0) is 19.3 Å². The average Bonchev–Trinajstić information content (AvgIpc) is 3.00. The van der Waals surface area contributed by atoms with Crippen molar-refractivity contribution in [3.8, 4) is 0 Å². The average molecular weight is 633 g/mol. The molecule has 0 atom stereocenters. The molecular weight excluding hydrogens is 568 g/mol. The smallest absolute Gasteiger partial charge is 0.305 e. The van der Waals surface area contributed by atoms with E-state index in [1.54, 1.807) is 0 Å². The third-order valence-electron chi connectivity index (χ3n) is 7.10. The predicted molar refractivity (Wildman–Crippen MR) is 171 cm³/mol. The number of hydrogen-bond acceptors (Lipinski definition) is 9. The molecule has 0 unspecified atom stereocenters. The number of carboxylic acid groups (broad SMARTS) is 1. The molecule has 0 spiro atoms. The lowest BCUT2D eigenvalue weighted by atomic mass is 10.0. The Morgan fingerprint density at radius 1 is 0.386 bits per heavy atom. The van der Waals surface area contributed by atoms with Gasteiger partial charge in [0.15, 0.2) is 0 Å². The highest BCUT2D eigenvalue weighted by Crippen LogP contribution is 2.14. The zero-order valence-electron chi connectivity index (χ0n) is 27.8. The van der Waals surface area contributed by atoms with E-state index in [0.29, 0.717) is 65.5 Å². The molecule has 0 radical (unpaired) electrons. The summed E-state index contributed by atoms with van der Waals surface area (Å²) in [4.78, 5) is 33.7. The lowest BCUT2D eigenvalue weighted by Crippen LogP contribution is -2.15. The van der Waals surface area contributed by atoms with Gasteiger partial charge in [0.2, 0.25) is 0 Å². The molecule has 0 aromatic rings. The molecular formula is C34H64O10. The first-order valence-electron chi connectivity index (χ1n) is 17.4. The molecule has 0 amide bonds. The second-order valence-corrected chi connectivity index (χ2v) is 11.2. The number of carbonyl (C=O) groups is 3. The Labute approximate surface area is 267 Å². The second-order valence-electron chi connectivity index (χ2n) is 11.2. The molecule has 44 heavy (non-hydrogen) atoms. The minimum absolute atomic E-state index is 0.0630. The lowest BCUT2D eigenvalue weighted by Gasteiger charge is -2.08. The van der Waals surface area contributed by atoms with Crippen LogP contribution in [0.3, 0.4) is 0 Å². The number of hydrogen-bond donors (Lipinski definition) is 1. The van der Waals surface area contributed by atoms with Gasteiger partial charge < -0.3 is 33.5 Å². The van der Waals surface area contributed by atoms with Crippen molar-refractivity contribution in [1.82, 2.24) is 0 Å². The molecule has 0 saturated carbocycles. The molecule has 0 aromatic heterocycles. The van der Waals surface area contributed by atoms with Crippen molar-refractivity contribution in [3.05, 3.63) is 0 Å². The van der Waals surface area contributed by atoms with Crippen molar-refractivity contribution in [2.24, 2.45) is 0 Å². The van der Waals surface area contributed by atoms with E-state index in [9.17, 15) is 14.4 Å². The molecule has 0 aromatic carbocycles. The van der Waals surface area contributed by atoms with Crippen LogP contribution in [-0.2, 0) is 42.8 Å². The summed E-state index contributed by atoms with van der Waals surface area (Å²) in [5, 5.41) is 8.55. The van der Waals surface area contributed by atoms with Gasteiger partial charge in [0.25, 0.3) is 0 Å². The molecule has 0 aliphatic heterocycles. The van der Waals surface area contributed by atoms with Crippen LogP contribution < -0.4 is 0 Å². The minimum atomic E-state index is -0.860. The second kappa shape index (κ2) is 35.7. The highest BCUT2D eigenvalue weighted by molar-refractivity contribution is 5.70. The van der Waals surface area contributed by atoms with E-state index in [0.717, 1.165) is 12.8 Å². The van der Waals surface area contributed by atoms with Crippen molar-refractivity contribution in [3.63, 3.8) is 0 Å². The first kappa shape index (κ1) is 42.2. The summed E-state index contributed by atoms with van der Waals surface area (Å²) in [6.45, 7) is 5.89. The monoisotopic (exact) mass is 632 g/mol. The number of unbranched alkanes of at least 4 members (excludes halogenated alkanes) is 15. The van der Waals surface area contributed by atoms with Gasteiger partial charge >= 0.3 is 17.9 Å². The van der Waals surface area contributed by atoms with Gasteiger partial charge in [-0.15, -0.1) is 0 Å². The lowest BCUT2D eigenvalue weighted by molar-refractivity contribution is -0.146. The van der Waals surface area contributed by atoms with Crippen molar-refractivity contribution in [2.45, 2.75) is 135 Å². The highest BCUT2D eigenvalue weighted by atomic mass is 16.6. The zero-order chi connectivity index (χ0) is 32.2. The predicted octanol–water partition coefficient (Wildman–Crippen LogP) is 7.05. The number of esters is 2. The number of rotatable bonds is 36. The summed E-state index contributed by atoms with van der Waals surface area (Å²) in [6, 6.07) is 0. The maximum atomic E-state index is 11.8. The standard InChI is InChI=1S/C34H64O10/c1-2-3-4-5-6-7-8-9-10-11-12-13-14-15-16-20-33(37)43-30-28-41-26-24-39-22-23-40-25-27-42-29-31-44-34(38)21-18-17-19-32(35)36/h2-31H2,1H3,(H,35,36). The Kier molecular flexibility index (Phi) is 34.3. The molecule has 0 fully saturated rings. The molecule has 0 bridgehead atoms. The topological polar surface area (TPSA) is 127 Å². The highest BCUT2D eigenvalue weighted by Gasteiger charge is 2.05. The summed E-state index contributed by atoms with van der Waals surface area (Å²) in [5.74, 6) is -1.35. The SMILES string of the molecule is CCCCCCCCCCCCCCCCCC(=O)OCCOCCOCCOCCOCCOC(=O)CCCCC(=O)O. The number of ether oxygens (including phenoxy) is 6. The van der Waals surface area contributed by atoms with Gasteiger partial charge in [-0.25, -0.2) is 0 Å². The first-order valence-corrected chi connectivity index (χ1v) is 17.4. The summed E-state index contributed by atoms with van der Waals surface area (Å²) in [7, 11) is 0. The van der Waals surface area contributed by atoms with Crippen LogP contribution in [0.25, 0.3) is 0 Å². The van der Waals surface area contributed by atoms with Gasteiger partial charge in [0.1, 0.15) is 13.2 Å². The van der Waals surface area contributed by atoms with Gasteiger partial charge in [0, 0.05) is 19.3 Å². The van der Waals surface area contributed by atoms with E-state index in [1.807, 2.05) is 0 Å². The molecule has 10 heteroatoms. The van der Waals surface area contributed by atoms with E-state index >= 15 is 0 Å². The number of carbonyl (C=O) groups excluding carboxylic acids is 2. The minimum Gasteiger partial charge on any atom is -0.481 e. The number of carboxylic acids is 1. The molecule has 0 heterocycles. The van der Waals surface area contributed by atoms with Crippen LogP contribution in [0.1, 0.15) is 135 Å². The largest absolute Gasteiger partial charge is 0.481 e. The Morgan fingerprint density at radius 3 is 1.00 bits per heavy atom. The van der Waals surface area contributed by atoms with Crippen molar-refractivity contribution in [1.29, 1.82) is 0 Å². The normalized spacial score (nSPS) is 11.1. The van der Waals surface area contributed by atoms with Crippen LogP contribution in [-0.4, -0.2) is 89.1 Å². The van der Waals surface area contributed by atoms with Crippen molar-refractivity contribution < 1.29 is 47.9 Å². The van der Waals surface area contributed by atoms with Crippen molar-refractivity contribution >= 4 is 17.9 Å². The molecule has 260 valence electrons. The van der Waals surface area contributed by atoms with Crippen LogP contribution in [0.5, 0.6) is 0 Å².